The maximum atomic E-state index is 12.5. The van der Waals surface area contributed by atoms with Crippen LogP contribution in [-0.2, 0) is 27.7 Å². The molecule has 2 heterocycles. The Morgan fingerprint density at radius 3 is 2.92 bits per heavy atom. The van der Waals surface area contributed by atoms with Crippen LogP contribution in [0.5, 0.6) is 0 Å². The lowest BCUT2D eigenvalue weighted by Crippen LogP contribution is -2.37. The molecule has 0 unspecified atom stereocenters. The van der Waals surface area contributed by atoms with Crippen molar-refractivity contribution >= 4 is 38.9 Å². The van der Waals surface area contributed by atoms with Gasteiger partial charge in [0.25, 0.3) is 0 Å². The third kappa shape index (κ3) is 4.27. The zero-order valence-electron chi connectivity index (χ0n) is 14.2. The van der Waals surface area contributed by atoms with Crippen LogP contribution in [-0.4, -0.2) is 46.0 Å². The van der Waals surface area contributed by atoms with Gasteiger partial charge in [-0.1, -0.05) is 11.6 Å². The number of methoxy groups -OCH3 is 1. The Kier molecular flexibility index (Phi) is 5.99. The van der Waals surface area contributed by atoms with E-state index < -0.39 is 16.0 Å². The van der Waals surface area contributed by atoms with Crippen molar-refractivity contribution < 1.29 is 17.9 Å². The molecule has 0 spiro atoms. The minimum absolute atomic E-state index is 0.0127. The van der Waals surface area contributed by atoms with Crippen molar-refractivity contribution in [2.45, 2.75) is 17.9 Å². The monoisotopic (exact) mass is 414 g/mol. The summed E-state index contributed by atoms with van der Waals surface area (Å²) in [5.41, 5.74) is 1.53. The fourth-order valence-corrected chi connectivity index (χ4v) is 5.33. The van der Waals surface area contributed by atoms with E-state index in [2.05, 4.69) is 25.8 Å². The number of esters is 1. The van der Waals surface area contributed by atoms with Gasteiger partial charge in [0.05, 0.1) is 17.7 Å². The molecule has 1 aliphatic rings. The molecule has 0 saturated carbocycles. The Hall–Kier alpha value is -1.45. The third-order valence-corrected chi connectivity index (χ3v) is 7.22. The second-order valence-electron chi connectivity index (χ2n) is 5.93. The van der Waals surface area contributed by atoms with Crippen molar-refractivity contribution in [2.24, 2.45) is 0 Å². The maximum absolute atomic E-state index is 12.5. The Balaban J connectivity index is 1.60. The number of ether oxygens (including phenoxy) is 1. The number of benzene rings is 1. The standard InChI is InChI=1S/C17H19ClN2O4S2/c1-24-17(21)12-2-3-16(14(18)10-12)26(22,23)19-6-8-20-7-4-15-13(11-20)5-9-25-15/h2-3,5,9-10,19H,4,6-8,11H2,1H3. The van der Waals surface area contributed by atoms with Crippen LogP contribution in [0.3, 0.4) is 0 Å². The number of fused-ring (bicyclic) bond motifs is 1. The Morgan fingerprint density at radius 2 is 2.19 bits per heavy atom. The van der Waals surface area contributed by atoms with Crippen LogP contribution >= 0.6 is 22.9 Å². The summed E-state index contributed by atoms with van der Waals surface area (Å²) in [6.07, 6.45) is 1.00. The van der Waals surface area contributed by atoms with Gasteiger partial charge in [-0.3, -0.25) is 4.90 Å². The lowest BCUT2D eigenvalue weighted by Gasteiger charge is -2.26. The Morgan fingerprint density at radius 1 is 1.38 bits per heavy atom. The normalized spacial score (nSPS) is 14.8. The molecule has 0 atom stereocenters. The second kappa shape index (κ2) is 8.06. The molecule has 0 fully saturated rings. The SMILES string of the molecule is COC(=O)c1ccc(S(=O)(=O)NCCN2CCc3sccc3C2)c(Cl)c1. The molecule has 0 radical (unpaired) electrons. The van der Waals surface area contributed by atoms with Gasteiger partial charge in [0.2, 0.25) is 10.0 Å². The highest BCUT2D eigenvalue weighted by atomic mass is 35.5. The molecular weight excluding hydrogens is 396 g/mol. The van der Waals surface area contributed by atoms with Crippen molar-refractivity contribution in [3.05, 3.63) is 50.7 Å². The predicted molar refractivity (Wildman–Crippen MR) is 101 cm³/mol. The van der Waals surface area contributed by atoms with E-state index in [9.17, 15) is 13.2 Å². The number of thiophene rings is 1. The van der Waals surface area contributed by atoms with Gasteiger partial charge in [-0.15, -0.1) is 11.3 Å². The summed E-state index contributed by atoms with van der Waals surface area (Å²) >= 11 is 7.82. The number of carbonyl (C=O) groups excluding carboxylic acids is 1. The molecule has 1 aromatic carbocycles. The van der Waals surface area contributed by atoms with E-state index in [1.165, 1.54) is 35.7 Å². The van der Waals surface area contributed by atoms with Gasteiger partial charge in [-0.05, 0) is 41.6 Å². The van der Waals surface area contributed by atoms with E-state index >= 15 is 0 Å². The minimum Gasteiger partial charge on any atom is -0.465 e. The second-order valence-corrected chi connectivity index (χ2v) is 9.07. The number of rotatable bonds is 6. The van der Waals surface area contributed by atoms with Crippen LogP contribution in [0, 0.1) is 0 Å². The molecule has 0 bridgehead atoms. The number of halogens is 1. The molecule has 26 heavy (non-hydrogen) atoms. The zero-order chi connectivity index (χ0) is 18.7. The summed E-state index contributed by atoms with van der Waals surface area (Å²) in [5, 5.41) is 2.08. The van der Waals surface area contributed by atoms with E-state index in [4.69, 9.17) is 11.6 Å². The molecule has 9 heteroatoms. The van der Waals surface area contributed by atoms with Crippen molar-refractivity contribution in [1.29, 1.82) is 0 Å². The molecule has 6 nitrogen and oxygen atoms in total. The average Bonchev–Trinajstić information content (AvgIpc) is 3.08. The van der Waals surface area contributed by atoms with E-state index in [1.807, 2.05) is 0 Å². The summed E-state index contributed by atoms with van der Waals surface area (Å²) in [4.78, 5) is 15.1. The van der Waals surface area contributed by atoms with Crippen molar-refractivity contribution in [2.75, 3.05) is 26.7 Å². The highest BCUT2D eigenvalue weighted by molar-refractivity contribution is 7.89. The van der Waals surface area contributed by atoms with Crippen molar-refractivity contribution in [3.8, 4) is 0 Å². The molecule has 3 rings (SSSR count). The van der Waals surface area contributed by atoms with Gasteiger partial charge < -0.3 is 4.74 Å². The highest BCUT2D eigenvalue weighted by Crippen LogP contribution is 2.24. The van der Waals surface area contributed by atoms with Gasteiger partial charge in [0.15, 0.2) is 0 Å². The number of nitrogens with zero attached hydrogens (tertiary/aromatic N) is 1. The van der Waals surface area contributed by atoms with E-state index in [-0.39, 0.29) is 22.0 Å². The van der Waals surface area contributed by atoms with E-state index in [0.29, 0.717) is 6.54 Å². The molecule has 0 aliphatic carbocycles. The summed E-state index contributed by atoms with van der Waals surface area (Å²) in [6, 6.07) is 6.12. The van der Waals surface area contributed by atoms with E-state index in [1.54, 1.807) is 11.3 Å². The molecule has 1 aliphatic heterocycles. The Labute approximate surface area is 161 Å². The summed E-state index contributed by atoms with van der Waals surface area (Å²) in [6.45, 7) is 2.67. The van der Waals surface area contributed by atoms with Crippen LogP contribution in [0.15, 0.2) is 34.5 Å². The average molecular weight is 415 g/mol. The quantitative estimate of drug-likeness (QED) is 0.735. The highest BCUT2D eigenvalue weighted by Gasteiger charge is 2.21. The number of hydrogen-bond acceptors (Lipinski definition) is 6. The van der Waals surface area contributed by atoms with Crippen molar-refractivity contribution in [3.63, 3.8) is 0 Å². The number of sulfonamides is 1. The van der Waals surface area contributed by atoms with Gasteiger partial charge in [-0.2, -0.15) is 0 Å². The Bertz CT molecular complexity index is 911. The fourth-order valence-electron chi connectivity index (χ4n) is 2.88. The first-order valence-electron chi connectivity index (χ1n) is 8.06. The first-order chi connectivity index (χ1) is 12.4. The van der Waals surface area contributed by atoms with Gasteiger partial charge in [0.1, 0.15) is 4.90 Å². The van der Waals surface area contributed by atoms with Crippen LogP contribution < -0.4 is 4.72 Å². The zero-order valence-corrected chi connectivity index (χ0v) is 16.6. The molecule has 2 aromatic rings. The summed E-state index contributed by atoms with van der Waals surface area (Å²) < 4.78 is 32.1. The lowest BCUT2D eigenvalue weighted by molar-refractivity contribution is 0.0600. The molecule has 140 valence electrons. The van der Waals surface area contributed by atoms with Crippen molar-refractivity contribution in [1.82, 2.24) is 9.62 Å². The summed E-state index contributed by atoms with van der Waals surface area (Å²) in [7, 11) is -2.50. The molecule has 0 saturated heterocycles. The number of carbonyl (C=O) groups is 1. The van der Waals surface area contributed by atoms with Gasteiger partial charge in [0, 0.05) is 31.1 Å². The molecule has 1 aromatic heterocycles. The minimum atomic E-state index is -3.75. The number of hydrogen-bond donors (Lipinski definition) is 1. The summed E-state index contributed by atoms with van der Waals surface area (Å²) in [5.74, 6) is -0.568. The van der Waals surface area contributed by atoms with Gasteiger partial charge in [-0.25, -0.2) is 17.9 Å². The maximum Gasteiger partial charge on any atom is 0.337 e. The molecular formula is C17H19ClN2O4S2. The topological polar surface area (TPSA) is 75.7 Å². The van der Waals surface area contributed by atoms with E-state index in [0.717, 1.165) is 19.5 Å². The van der Waals surface area contributed by atoms with Crippen LogP contribution in [0.25, 0.3) is 0 Å². The van der Waals surface area contributed by atoms with Crippen LogP contribution in [0.4, 0.5) is 0 Å². The lowest BCUT2D eigenvalue weighted by atomic mass is 10.1. The molecule has 1 N–H and O–H groups in total. The fraction of sp³-hybridized carbons (Fsp3) is 0.353. The van der Waals surface area contributed by atoms with Gasteiger partial charge >= 0.3 is 5.97 Å². The van der Waals surface area contributed by atoms with Crippen LogP contribution in [0.1, 0.15) is 20.8 Å². The first-order valence-corrected chi connectivity index (χ1v) is 10.8. The largest absolute Gasteiger partial charge is 0.465 e. The third-order valence-electron chi connectivity index (χ3n) is 4.25. The first kappa shape index (κ1) is 19.3. The molecule has 0 amide bonds. The number of nitrogens with one attached hydrogen (secondary N) is 1. The predicted octanol–water partition coefficient (Wildman–Crippen LogP) is 2.52. The smallest absolute Gasteiger partial charge is 0.337 e. The van der Waals surface area contributed by atoms with Crippen LogP contribution in [0.2, 0.25) is 5.02 Å².